The molecule has 0 aromatic heterocycles. The van der Waals surface area contributed by atoms with Crippen LogP contribution in [0.25, 0.3) is 0 Å². The summed E-state index contributed by atoms with van der Waals surface area (Å²) in [5, 5.41) is 10.7. The van der Waals surface area contributed by atoms with Crippen LogP contribution in [0.5, 0.6) is 0 Å². The summed E-state index contributed by atoms with van der Waals surface area (Å²) >= 11 is 0. The number of likely N-dealkylation sites (tertiary alicyclic amines) is 1. The van der Waals surface area contributed by atoms with E-state index in [1.165, 1.54) is 24.8 Å². The van der Waals surface area contributed by atoms with Gasteiger partial charge in [0.25, 0.3) is 0 Å². The van der Waals surface area contributed by atoms with Crippen LogP contribution in [0.3, 0.4) is 0 Å². The minimum absolute atomic E-state index is 0.106. The molecule has 1 aromatic rings. The van der Waals surface area contributed by atoms with E-state index in [1.807, 2.05) is 13.1 Å². The Kier molecular flexibility index (Phi) is 8.35. The lowest BCUT2D eigenvalue weighted by Crippen LogP contribution is -2.53. The number of carbonyl (C=O) groups excluding carboxylic acids is 1. The largest absolute Gasteiger partial charge is 0.355 e. The van der Waals surface area contributed by atoms with E-state index in [1.54, 1.807) is 0 Å². The van der Waals surface area contributed by atoms with Crippen molar-refractivity contribution in [1.29, 1.82) is 0 Å². The molecule has 1 saturated heterocycles. The lowest BCUT2D eigenvalue weighted by atomic mass is 9.88. The second kappa shape index (κ2) is 11.0. The first-order valence-corrected chi connectivity index (χ1v) is 12.0. The van der Waals surface area contributed by atoms with E-state index in [9.17, 15) is 4.79 Å². The first-order chi connectivity index (χ1) is 14.9. The highest BCUT2D eigenvalue weighted by Gasteiger charge is 2.32. The first-order valence-electron chi connectivity index (χ1n) is 12.0. The van der Waals surface area contributed by atoms with Crippen molar-refractivity contribution in [3.63, 3.8) is 0 Å². The van der Waals surface area contributed by atoms with E-state index in [4.69, 9.17) is 0 Å². The van der Waals surface area contributed by atoms with Crippen LogP contribution in [0.2, 0.25) is 0 Å². The minimum Gasteiger partial charge on any atom is -0.355 e. The van der Waals surface area contributed by atoms with Gasteiger partial charge in [0.05, 0.1) is 0 Å². The summed E-state index contributed by atoms with van der Waals surface area (Å²) in [5.74, 6) is 1.43. The van der Waals surface area contributed by atoms with Gasteiger partial charge in [0.2, 0.25) is 5.91 Å². The molecule has 3 rings (SSSR count). The Bertz CT molecular complexity index is 727. The lowest BCUT2D eigenvalue weighted by Gasteiger charge is -2.32. The summed E-state index contributed by atoms with van der Waals surface area (Å²) in [6, 6.07) is 11.0. The summed E-state index contributed by atoms with van der Waals surface area (Å²) in [4.78, 5) is 19.3. The second-order valence-electron chi connectivity index (χ2n) is 9.84. The van der Waals surface area contributed by atoms with Gasteiger partial charge in [-0.2, -0.15) is 0 Å². The second-order valence-corrected chi connectivity index (χ2v) is 9.84. The molecule has 1 aromatic carbocycles. The molecule has 1 heterocycles. The average molecular weight is 428 g/mol. The maximum absolute atomic E-state index is 12.8. The molecule has 6 nitrogen and oxygen atoms in total. The van der Waals surface area contributed by atoms with Gasteiger partial charge in [0, 0.05) is 50.2 Å². The summed E-state index contributed by atoms with van der Waals surface area (Å²) < 4.78 is 0. The minimum atomic E-state index is -0.106. The number of guanidine groups is 1. The zero-order valence-corrected chi connectivity index (χ0v) is 19.8. The van der Waals surface area contributed by atoms with Crippen LogP contribution in [0.4, 0.5) is 0 Å². The first kappa shape index (κ1) is 23.6. The monoisotopic (exact) mass is 427 g/mol. The third kappa shape index (κ3) is 6.96. The molecule has 0 radical (unpaired) electrons. The van der Waals surface area contributed by atoms with Crippen LogP contribution in [0.1, 0.15) is 70.9 Å². The van der Waals surface area contributed by atoms with Gasteiger partial charge in [-0.3, -0.25) is 9.79 Å². The predicted molar refractivity (Wildman–Crippen MR) is 128 cm³/mol. The molecule has 2 fully saturated rings. The molecule has 3 N–H and O–H groups in total. The molecule has 0 bridgehead atoms. The number of amides is 1. The zero-order valence-electron chi connectivity index (χ0n) is 19.8. The summed E-state index contributed by atoms with van der Waals surface area (Å²) in [6.45, 7) is 8.98. The molecule has 172 valence electrons. The molecule has 1 saturated carbocycles. The van der Waals surface area contributed by atoms with Crippen LogP contribution in [-0.4, -0.2) is 55.0 Å². The third-order valence-corrected chi connectivity index (χ3v) is 6.62. The van der Waals surface area contributed by atoms with Crippen LogP contribution in [0.15, 0.2) is 35.3 Å². The van der Waals surface area contributed by atoms with Gasteiger partial charge in [-0.15, -0.1) is 0 Å². The van der Waals surface area contributed by atoms with Crippen LogP contribution < -0.4 is 16.0 Å². The Balaban J connectivity index is 1.44. The number of aliphatic imine (C=N–C) groups is 1. The fourth-order valence-corrected chi connectivity index (χ4v) is 4.84. The average Bonchev–Trinajstić information content (AvgIpc) is 3.25. The maximum Gasteiger partial charge on any atom is 0.225 e. The van der Waals surface area contributed by atoms with E-state index in [0.29, 0.717) is 5.91 Å². The molecular weight excluding hydrogens is 386 g/mol. The van der Waals surface area contributed by atoms with Gasteiger partial charge in [-0.25, -0.2) is 0 Å². The lowest BCUT2D eigenvalue weighted by molar-refractivity contribution is -0.135. The van der Waals surface area contributed by atoms with Crippen molar-refractivity contribution in [2.24, 2.45) is 10.9 Å². The number of hydrogen-bond acceptors (Lipinski definition) is 3. The highest BCUT2D eigenvalue weighted by Crippen LogP contribution is 2.26. The van der Waals surface area contributed by atoms with Crippen molar-refractivity contribution < 1.29 is 4.79 Å². The van der Waals surface area contributed by atoms with Crippen LogP contribution in [0, 0.1) is 5.92 Å². The normalized spacial score (nSPS) is 21.7. The molecule has 1 aliphatic carbocycles. The van der Waals surface area contributed by atoms with Gasteiger partial charge in [-0.1, -0.05) is 49.6 Å². The van der Waals surface area contributed by atoms with Crippen molar-refractivity contribution in [3.8, 4) is 0 Å². The quantitative estimate of drug-likeness (QED) is 0.460. The van der Waals surface area contributed by atoms with E-state index < -0.39 is 0 Å². The van der Waals surface area contributed by atoms with Gasteiger partial charge >= 0.3 is 0 Å². The highest BCUT2D eigenvalue weighted by atomic mass is 16.2. The van der Waals surface area contributed by atoms with Gasteiger partial charge in [0.15, 0.2) is 5.96 Å². The molecule has 2 aliphatic rings. The maximum atomic E-state index is 12.8. The molecule has 2 atom stereocenters. The smallest absolute Gasteiger partial charge is 0.225 e. The number of carbonyl (C=O) groups is 1. The van der Waals surface area contributed by atoms with Gasteiger partial charge in [-0.05, 0) is 45.6 Å². The van der Waals surface area contributed by atoms with E-state index in [-0.39, 0.29) is 23.5 Å². The number of nitrogens with one attached hydrogen (secondary N) is 3. The molecule has 6 heteroatoms. The predicted octanol–water partition coefficient (Wildman–Crippen LogP) is 3.46. The molecule has 2 unspecified atom stereocenters. The molecule has 1 aliphatic heterocycles. The Hall–Kier alpha value is -2.08. The number of benzene rings is 1. The Labute approximate surface area is 188 Å². The van der Waals surface area contributed by atoms with Crippen molar-refractivity contribution in [3.05, 3.63) is 35.9 Å². The Morgan fingerprint density at radius 1 is 1.16 bits per heavy atom. The summed E-state index contributed by atoms with van der Waals surface area (Å²) in [6.07, 6.45) is 6.81. The van der Waals surface area contributed by atoms with E-state index in [0.717, 1.165) is 44.9 Å². The Morgan fingerprint density at radius 2 is 1.87 bits per heavy atom. The summed E-state index contributed by atoms with van der Waals surface area (Å²) in [7, 11) is 1.81. The van der Waals surface area contributed by atoms with Crippen molar-refractivity contribution in [1.82, 2.24) is 20.9 Å². The fourth-order valence-electron chi connectivity index (χ4n) is 4.84. The third-order valence-electron chi connectivity index (χ3n) is 6.62. The number of nitrogens with zero attached hydrogens (tertiary/aromatic N) is 2. The van der Waals surface area contributed by atoms with Crippen molar-refractivity contribution in [2.75, 3.05) is 26.7 Å². The van der Waals surface area contributed by atoms with E-state index in [2.05, 4.69) is 70.9 Å². The fraction of sp³-hybridized carbons (Fsp3) is 0.680. The van der Waals surface area contributed by atoms with Crippen LogP contribution in [-0.2, 0) is 4.79 Å². The van der Waals surface area contributed by atoms with E-state index >= 15 is 0 Å². The Morgan fingerprint density at radius 3 is 2.55 bits per heavy atom. The van der Waals surface area contributed by atoms with Crippen LogP contribution >= 0.6 is 0 Å². The SMILES string of the molecule is CN=C(NCC(C)(C)NC(C)c1ccccc1)NC1CCN(C(=O)C2CCCCC2)C1. The standard InChI is InChI=1S/C25H41N5O/c1-19(20-11-7-5-8-12-20)29-25(2,3)18-27-24(26-4)28-22-15-16-30(17-22)23(31)21-13-9-6-10-14-21/h5,7-8,11-12,19,21-22,29H,6,9-10,13-18H2,1-4H3,(H2,26,27,28). The molecule has 31 heavy (non-hydrogen) atoms. The van der Waals surface area contributed by atoms with Gasteiger partial charge < -0.3 is 20.9 Å². The molecular formula is C25H41N5O. The molecule has 1 amide bonds. The molecule has 0 spiro atoms. The highest BCUT2D eigenvalue weighted by molar-refractivity contribution is 5.81. The van der Waals surface area contributed by atoms with Gasteiger partial charge in [0.1, 0.15) is 0 Å². The number of rotatable bonds is 7. The zero-order chi connectivity index (χ0) is 22.3. The summed E-state index contributed by atoms with van der Waals surface area (Å²) in [5.41, 5.74) is 1.18. The number of hydrogen-bond donors (Lipinski definition) is 3. The topological polar surface area (TPSA) is 68.8 Å². The van der Waals surface area contributed by atoms with Crippen molar-refractivity contribution in [2.45, 2.75) is 76.9 Å². The van der Waals surface area contributed by atoms with Crippen molar-refractivity contribution >= 4 is 11.9 Å².